The lowest BCUT2D eigenvalue weighted by Crippen LogP contribution is -2.52. The number of carbonyl (C=O) groups excluding carboxylic acids is 2. The van der Waals surface area contributed by atoms with Gasteiger partial charge < -0.3 is 10.2 Å². The zero-order chi connectivity index (χ0) is 26.0. The molecule has 2 aromatic carbocycles. The van der Waals surface area contributed by atoms with Gasteiger partial charge in [-0.2, -0.15) is 0 Å². The van der Waals surface area contributed by atoms with Gasteiger partial charge in [-0.3, -0.25) is 13.9 Å². The standard InChI is InChI=1S/C27H39N3O4S/c1-6-9-17-28-27(32)24(8-3)29(19-22-14-12-13-21(4)18-22)26(31)20-30(35(5,33)34)25-16-11-10-15-23(25)7-2/h10-16,18,24H,6-9,17,19-20H2,1-5H3,(H,28,32)/t24-/m1/s1. The van der Waals surface area contributed by atoms with Crippen LogP contribution >= 0.6 is 0 Å². The van der Waals surface area contributed by atoms with Crippen molar-refractivity contribution >= 4 is 27.5 Å². The summed E-state index contributed by atoms with van der Waals surface area (Å²) in [5, 5.41) is 2.94. The lowest BCUT2D eigenvalue weighted by Gasteiger charge is -2.33. The molecule has 0 heterocycles. The monoisotopic (exact) mass is 501 g/mol. The zero-order valence-corrected chi connectivity index (χ0v) is 22.4. The average Bonchev–Trinajstić information content (AvgIpc) is 2.81. The molecule has 0 spiro atoms. The third-order valence-corrected chi connectivity index (χ3v) is 7.10. The molecule has 2 rings (SSSR count). The van der Waals surface area contributed by atoms with Crippen molar-refractivity contribution in [3.05, 3.63) is 65.2 Å². The van der Waals surface area contributed by atoms with Crippen LogP contribution in [0.5, 0.6) is 0 Å². The highest BCUT2D eigenvalue weighted by Gasteiger charge is 2.32. The van der Waals surface area contributed by atoms with E-state index >= 15 is 0 Å². The summed E-state index contributed by atoms with van der Waals surface area (Å²) in [6.45, 7) is 8.20. The predicted octanol–water partition coefficient (Wildman–Crippen LogP) is 4.05. The molecule has 0 aliphatic rings. The number of para-hydroxylation sites is 1. The van der Waals surface area contributed by atoms with Crippen molar-refractivity contribution in [1.82, 2.24) is 10.2 Å². The lowest BCUT2D eigenvalue weighted by atomic mass is 10.1. The highest BCUT2D eigenvalue weighted by atomic mass is 32.2. The molecule has 7 nitrogen and oxygen atoms in total. The molecule has 1 N–H and O–H groups in total. The van der Waals surface area contributed by atoms with E-state index in [9.17, 15) is 18.0 Å². The van der Waals surface area contributed by atoms with E-state index in [4.69, 9.17) is 0 Å². The van der Waals surface area contributed by atoms with Gasteiger partial charge in [0.05, 0.1) is 11.9 Å². The minimum Gasteiger partial charge on any atom is -0.354 e. The number of hydrogen-bond acceptors (Lipinski definition) is 4. The second-order valence-electron chi connectivity index (χ2n) is 8.83. The van der Waals surface area contributed by atoms with Gasteiger partial charge >= 0.3 is 0 Å². The molecule has 0 saturated heterocycles. The largest absolute Gasteiger partial charge is 0.354 e. The number of carbonyl (C=O) groups is 2. The quantitative estimate of drug-likeness (QED) is 0.420. The Morgan fingerprint density at radius 3 is 2.34 bits per heavy atom. The first-order valence-corrected chi connectivity index (χ1v) is 14.1. The Bertz CT molecular complexity index is 1100. The number of aryl methyl sites for hydroxylation is 2. The number of unbranched alkanes of at least 4 members (excludes halogenated alkanes) is 1. The molecule has 1 atom stereocenters. The average molecular weight is 502 g/mol. The molecule has 0 saturated carbocycles. The van der Waals surface area contributed by atoms with Crippen LogP contribution in [0.3, 0.4) is 0 Å². The van der Waals surface area contributed by atoms with Crippen LogP contribution in [0.25, 0.3) is 0 Å². The Labute approximate surface area is 210 Å². The van der Waals surface area contributed by atoms with E-state index in [1.54, 1.807) is 12.1 Å². The van der Waals surface area contributed by atoms with Crippen LogP contribution in [0, 0.1) is 6.92 Å². The number of nitrogens with one attached hydrogen (secondary N) is 1. The number of nitrogens with zero attached hydrogens (tertiary/aromatic N) is 2. The Hall–Kier alpha value is -2.87. The van der Waals surface area contributed by atoms with Crippen LogP contribution in [0.15, 0.2) is 48.5 Å². The van der Waals surface area contributed by atoms with E-state index < -0.39 is 22.0 Å². The highest BCUT2D eigenvalue weighted by Crippen LogP contribution is 2.24. The van der Waals surface area contributed by atoms with E-state index in [2.05, 4.69) is 5.32 Å². The molecule has 192 valence electrons. The van der Waals surface area contributed by atoms with E-state index in [0.29, 0.717) is 25.1 Å². The summed E-state index contributed by atoms with van der Waals surface area (Å²) >= 11 is 0. The van der Waals surface area contributed by atoms with Gasteiger partial charge in [0.15, 0.2) is 0 Å². The molecule has 2 amide bonds. The molecule has 35 heavy (non-hydrogen) atoms. The lowest BCUT2D eigenvalue weighted by molar-refractivity contribution is -0.140. The normalized spacial score (nSPS) is 12.1. The van der Waals surface area contributed by atoms with Crippen LogP contribution in [-0.2, 0) is 32.6 Å². The summed E-state index contributed by atoms with van der Waals surface area (Å²) in [6, 6.07) is 14.2. The smallest absolute Gasteiger partial charge is 0.244 e. The summed E-state index contributed by atoms with van der Waals surface area (Å²) in [6.07, 6.45) is 3.94. The first-order valence-electron chi connectivity index (χ1n) is 12.3. The Morgan fingerprint density at radius 2 is 1.74 bits per heavy atom. The maximum Gasteiger partial charge on any atom is 0.244 e. The van der Waals surface area contributed by atoms with E-state index in [0.717, 1.165) is 40.1 Å². The number of amides is 2. The maximum atomic E-state index is 13.7. The Morgan fingerprint density at radius 1 is 1.03 bits per heavy atom. The second kappa shape index (κ2) is 13.3. The molecule has 0 aliphatic heterocycles. The third kappa shape index (κ3) is 8.09. The fourth-order valence-corrected chi connectivity index (χ4v) is 4.96. The van der Waals surface area contributed by atoms with Crippen LogP contribution in [-0.4, -0.2) is 50.5 Å². The SMILES string of the molecule is CCCCNC(=O)[C@@H](CC)N(Cc1cccc(C)c1)C(=O)CN(c1ccccc1CC)S(C)(=O)=O. The van der Waals surface area contributed by atoms with E-state index in [1.807, 2.05) is 64.1 Å². The molecule has 0 unspecified atom stereocenters. The Balaban J connectivity index is 2.44. The summed E-state index contributed by atoms with van der Waals surface area (Å²) in [7, 11) is -3.74. The number of hydrogen-bond donors (Lipinski definition) is 1. The predicted molar refractivity (Wildman–Crippen MR) is 142 cm³/mol. The number of benzene rings is 2. The minimum atomic E-state index is -3.74. The van der Waals surface area contributed by atoms with Gasteiger partial charge in [-0.05, 0) is 43.4 Å². The van der Waals surface area contributed by atoms with Gasteiger partial charge in [-0.25, -0.2) is 8.42 Å². The fraction of sp³-hybridized carbons (Fsp3) is 0.481. The number of anilines is 1. The summed E-state index contributed by atoms with van der Waals surface area (Å²) in [4.78, 5) is 28.3. The van der Waals surface area contributed by atoms with E-state index in [1.165, 1.54) is 4.90 Å². The van der Waals surface area contributed by atoms with Gasteiger partial charge in [0.1, 0.15) is 12.6 Å². The van der Waals surface area contributed by atoms with Crippen molar-refractivity contribution in [3.63, 3.8) is 0 Å². The van der Waals surface area contributed by atoms with Crippen molar-refractivity contribution in [3.8, 4) is 0 Å². The first-order chi connectivity index (χ1) is 16.6. The topological polar surface area (TPSA) is 86.8 Å². The molecule has 2 aromatic rings. The summed E-state index contributed by atoms with van der Waals surface area (Å²) in [5.41, 5.74) is 3.25. The molecule has 8 heteroatoms. The third-order valence-electron chi connectivity index (χ3n) is 5.97. The van der Waals surface area contributed by atoms with Crippen molar-refractivity contribution in [2.45, 2.75) is 66.0 Å². The first kappa shape index (κ1) is 28.4. The molecule has 0 radical (unpaired) electrons. The fourth-order valence-electron chi connectivity index (χ4n) is 4.08. The van der Waals surface area contributed by atoms with E-state index in [-0.39, 0.29) is 19.0 Å². The van der Waals surface area contributed by atoms with Crippen molar-refractivity contribution in [2.75, 3.05) is 23.7 Å². The molecule has 0 aromatic heterocycles. The van der Waals surface area contributed by atoms with Gasteiger partial charge in [-0.15, -0.1) is 0 Å². The van der Waals surface area contributed by atoms with Crippen molar-refractivity contribution in [2.24, 2.45) is 0 Å². The van der Waals surface area contributed by atoms with Gasteiger partial charge in [0.25, 0.3) is 0 Å². The van der Waals surface area contributed by atoms with Crippen molar-refractivity contribution in [1.29, 1.82) is 0 Å². The van der Waals surface area contributed by atoms with Crippen LogP contribution in [0.4, 0.5) is 5.69 Å². The number of sulfonamides is 1. The van der Waals surface area contributed by atoms with Crippen LogP contribution in [0.1, 0.15) is 56.7 Å². The van der Waals surface area contributed by atoms with Crippen molar-refractivity contribution < 1.29 is 18.0 Å². The summed E-state index contributed by atoms with van der Waals surface area (Å²) < 4.78 is 26.7. The molecule has 0 bridgehead atoms. The molecular weight excluding hydrogens is 462 g/mol. The van der Waals surface area contributed by atoms with Gasteiger partial charge in [0, 0.05) is 13.1 Å². The van der Waals surface area contributed by atoms with Crippen LogP contribution in [0.2, 0.25) is 0 Å². The molecule has 0 aliphatic carbocycles. The minimum absolute atomic E-state index is 0.216. The van der Waals surface area contributed by atoms with Gasteiger partial charge in [-0.1, -0.05) is 75.2 Å². The zero-order valence-electron chi connectivity index (χ0n) is 21.6. The summed E-state index contributed by atoms with van der Waals surface area (Å²) in [5.74, 6) is -0.637. The Kier molecular flexibility index (Phi) is 10.8. The molecular formula is C27H39N3O4S. The molecule has 0 fully saturated rings. The van der Waals surface area contributed by atoms with Crippen LogP contribution < -0.4 is 9.62 Å². The second-order valence-corrected chi connectivity index (χ2v) is 10.7. The number of rotatable bonds is 13. The van der Waals surface area contributed by atoms with Gasteiger partial charge in [0.2, 0.25) is 21.8 Å². The maximum absolute atomic E-state index is 13.7. The highest BCUT2D eigenvalue weighted by molar-refractivity contribution is 7.92.